The molecule has 0 spiro atoms. The van der Waals surface area contributed by atoms with Gasteiger partial charge in [-0.1, -0.05) is 48.9 Å². The van der Waals surface area contributed by atoms with Crippen LogP contribution in [0.25, 0.3) is 0 Å². The second kappa shape index (κ2) is 8.86. The van der Waals surface area contributed by atoms with Crippen LogP contribution in [0.1, 0.15) is 41.7 Å². The molecule has 0 aliphatic carbocycles. The zero-order chi connectivity index (χ0) is 19.3. The highest BCUT2D eigenvalue weighted by Gasteiger charge is 2.19. The molecule has 0 bridgehead atoms. The number of rotatable bonds is 8. The molecule has 1 N–H and O–H groups in total. The van der Waals surface area contributed by atoms with Crippen LogP contribution in [-0.2, 0) is 17.9 Å². The van der Waals surface area contributed by atoms with Gasteiger partial charge in [-0.25, -0.2) is 0 Å². The third kappa shape index (κ3) is 5.09. The van der Waals surface area contributed by atoms with Crippen molar-refractivity contribution in [2.45, 2.75) is 53.8 Å². The van der Waals surface area contributed by atoms with Gasteiger partial charge in [0.1, 0.15) is 18.4 Å². The van der Waals surface area contributed by atoms with Crippen LogP contribution < -0.4 is 4.74 Å². The first-order valence-corrected chi connectivity index (χ1v) is 9.07. The molecule has 0 radical (unpaired) electrons. The number of aliphatic carboxylic acids is 1. The van der Waals surface area contributed by atoms with Crippen molar-refractivity contribution < 1.29 is 14.6 Å². The van der Waals surface area contributed by atoms with Crippen molar-refractivity contribution in [3.63, 3.8) is 0 Å². The largest absolute Gasteiger partial charge is 0.488 e. The predicted octanol–water partition coefficient (Wildman–Crippen LogP) is 4.49. The number of hydrogen-bond acceptors (Lipinski definition) is 3. The highest BCUT2D eigenvalue weighted by atomic mass is 16.5. The van der Waals surface area contributed by atoms with Crippen LogP contribution in [0.5, 0.6) is 5.75 Å². The first-order chi connectivity index (χ1) is 12.3. The third-order valence-corrected chi connectivity index (χ3v) is 4.68. The molecular weight excluding hydrogens is 326 g/mol. The molecule has 4 nitrogen and oxygen atoms in total. The first-order valence-electron chi connectivity index (χ1n) is 9.07. The van der Waals surface area contributed by atoms with E-state index in [1.165, 1.54) is 5.56 Å². The van der Waals surface area contributed by atoms with Crippen LogP contribution in [-0.4, -0.2) is 28.6 Å². The highest BCUT2D eigenvalue weighted by molar-refractivity contribution is 5.72. The van der Waals surface area contributed by atoms with Gasteiger partial charge in [0, 0.05) is 6.54 Å². The Hall–Kier alpha value is -2.33. The number of nitrogens with zero attached hydrogens (tertiary/aromatic N) is 1. The normalized spacial score (nSPS) is 12.2. The molecule has 0 saturated heterocycles. The maximum absolute atomic E-state index is 11.3. The van der Waals surface area contributed by atoms with Crippen LogP contribution >= 0.6 is 0 Å². The minimum atomic E-state index is -0.793. The van der Waals surface area contributed by atoms with Crippen molar-refractivity contribution in [3.05, 3.63) is 64.2 Å². The molecule has 0 amide bonds. The van der Waals surface area contributed by atoms with Gasteiger partial charge in [-0.05, 0) is 56.5 Å². The summed E-state index contributed by atoms with van der Waals surface area (Å²) in [6.45, 7) is 11.7. The van der Waals surface area contributed by atoms with Gasteiger partial charge in [-0.3, -0.25) is 9.69 Å². The van der Waals surface area contributed by atoms with E-state index in [0.29, 0.717) is 19.7 Å². The lowest BCUT2D eigenvalue weighted by atomic mass is 10.0. The molecule has 26 heavy (non-hydrogen) atoms. The Morgan fingerprint density at radius 3 is 2.31 bits per heavy atom. The zero-order valence-electron chi connectivity index (χ0n) is 16.4. The molecule has 0 fully saturated rings. The van der Waals surface area contributed by atoms with E-state index in [0.717, 1.165) is 28.0 Å². The second-order valence-electron chi connectivity index (χ2n) is 6.91. The molecule has 0 aliphatic heterocycles. The van der Waals surface area contributed by atoms with E-state index >= 15 is 0 Å². The minimum absolute atomic E-state index is 0.502. The molecule has 2 aromatic carbocycles. The van der Waals surface area contributed by atoms with Crippen molar-refractivity contribution in [1.29, 1.82) is 0 Å². The molecule has 0 aliphatic rings. The van der Waals surface area contributed by atoms with Gasteiger partial charge in [0.15, 0.2) is 0 Å². The Labute approximate surface area is 156 Å². The fourth-order valence-electron chi connectivity index (χ4n) is 3.23. The molecule has 0 saturated carbocycles. The molecule has 1 unspecified atom stereocenters. The number of carboxylic acid groups (broad SMARTS) is 1. The molecule has 2 rings (SSSR count). The summed E-state index contributed by atoms with van der Waals surface area (Å²) < 4.78 is 6.07. The average Bonchev–Trinajstić information content (AvgIpc) is 2.58. The van der Waals surface area contributed by atoms with Gasteiger partial charge in [-0.2, -0.15) is 0 Å². The van der Waals surface area contributed by atoms with Crippen LogP contribution in [0.4, 0.5) is 0 Å². The van der Waals surface area contributed by atoms with Gasteiger partial charge in [-0.15, -0.1) is 0 Å². The smallest absolute Gasteiger partial charge is 0.320 e. The van der Waals surface area contributed by atoms with Crippen molar-refractivity contribution in [2.24, 2.45) is 0 Å². The van der Waals surface area contributed by atoms with Gasteiger partial charge in [0.25, 0.3) is 0 Å². The number of carboxylic acids is 1. The van der Waals surface area contributed by atoms with E-state index in [2.05, 4.69) is 37.3 Å². The van der Waals surface area contributed by atoms with E-state index in [1.807, 2.05) is 31.7 Å². The summed E-state index contributed by atoms with van der Waals surface area (Å²) in [5.41, 5.74) is 5.64. The van der Waals surface area contributed by atoms with E-state index in [1.54, 1.807) is 6.92 Å². The lowest BCUT2D eigenvalue weighted by Crippen LogP contribution is -2.38. The fraction of sp³-hybridized carbons (Fsp3) is 0.409. The molecule has 0 aromatic heterocycles. The summed E-state index contributed by atoms with van der Waals surface area (Å²) >= 11 is 0. The molecule has 0 heterocycles. The molecular formula is C22H29NO3. The average molecular weight is 355 g/mol. The number of ether oxygens (including phenoxy) is 1. The maximum atomic E-state index is 11.3. The van der Waals surface area contributed by atoms with Crippen molar-refractivity contribution in [2.75, 3.05) is 6.54 Å². The Balaban J connectivity index is 2.13. The molecule has 2 aromatic rings. The molecule has 140 valence electrons. The zero-order valence-corrected chi connectivity index (χ0v) is 16.4. The van der Waals surface area contributed by atoms with E-state index in [4.69, 9.17) is 4.74 Å². The topological polar surface area (TPSA) is 49.8 Å². The Bertz CT molecular complexity index is 747. The van der Waals surface area contributed by atoms with Crippen LogP contribution in [0.3, 0.4) is 0 Å². The summed E-state index contributed by atoms with van der Waals surface area (Å²) in [5, 5.41) is 9.25. The minimum Gasteiger partial charge on any atom is -0.488 e. The van der Waals surface area contributed by atoms with E-state index in [9.17, 15) is 9.90 Å². The Kier molecular flexibility index (Phi) is 6.81. The standard InChI is InChI=1S/C22H29NO3/c1-6-23(18(5)22(24)25)13-20-11-16(3)21(17(4)12-20)26-14-19-9-7-8-15(2)10-19/h7-12,18H,6,13-14H2,1-5H3,(H,24,25). The van der Waals surface area contributed by atoms with Crippen LogP contribution in [0.2, 0.25) is 0 Å². The van der Waals surface area contributed by atoms with Crippen LogP contribution in [0, 0.1) is 20.8 Å². The van der Waals surface area contributed by atoms with Gasteiger partial charge in [0.2, 0.25) is 0 Å². The fourth-order valence-corrected chi connectivity index (χ4v) is 3.23. The van der Waals surface area contributed by atoms with E-state index in [-0.39, 0.29) is 0 Å². The second-order valence-corrected chi connectivity index (χ2v) is 6.91. The number of aryl methyl sites for hydroxylation is 3. The van der Waals surface area contributed by atoms with Gasteiger partial charge in [0.05, 0.1) is 0 Å². The van der Waals surface area contributed by atoms with Gasteiger partial charge < -0.3 is 9.84 Å². The number of likely N-dealkylation sites (N-methyl/N-ethyl adjacent to an activating group) is 1. The highest BCUT2D eigenvalue weighted by Crippen LogP contribution is 2.27. The first kappa shape index (κ1) is 20.0. The van der Waals surface area contributed by atoms with Crippen molar-refractivity contribution in [1.82, 2.24) is 4.90 Å². The third-order valence-electron chi connectivity index (χ3n) is 4.68. The van der Waals surface area contributed by atoms with Crippen LogP contribution in [0.15, 0.2) is 36.4 Å². The molecule has 1 atom stereocenters. The predicted molar refractivity (Wildman–Crippen MR) is 105 cm³/mol. The lowest BCUT2D eigenvalue weighted by molar-refractivity contribution is -0.142. The SMILES string of the molecule is CCN(Cc1cc(C)c(OCc2cccc(C)c2)c(C)c1)C(C)C(=O)O. The summed E-state index contributed by atoms with van der Waals surface area (Å²) in [7, 11) is 0. The monoisotopic (exact) mass is 355 g/mol. The maximum Gasteiger partial charge on any atom is 0.320 e. The summed E-state index contributed by atoms with van der Waals surface area (Å²) in [4.78, 5) is 13.2. The Morgan fingerprint density at radius 1 is 1.12 bits per heavy atom. The summed E-state index contributed by atoms with van der Waals surface area (Å²) in [6, 6.07) is 12.0. The summed E-state index contributed by atoms with van der Waals surface area (Å²) in [5.74, 6) is 0.114. The van der Waals surface area contributed by atoms with Gasteiger partial charge >= 0.3 is 5.97 Å². The van der Waals surface area contributed by atoms with Crippen molar-refractivity contribution in [3.8, 4) is 5.75 Å². The number of hydrogen-bond donors (Lipinski definition) is 1. The number of carbonyl (C=O) groups is 1. The van der Waals surface area contributed by atoms with E-state index < -0.39 is 12.0 Å². The van der Waals surface area contributed by atoms with Crippen molar-refractivity contribution >= 4 is 5.97 Å². The summed E-state index contributed by atoms with van der Waals surface area (Å²) in [6.07, 6.45) is 0. The number of benzene rings is 2. The quantitative estimate of drug-likeness (QED) is 0.758. The molecule has 4 heteroatoms. The lowest BCUT2D eigenvalue weighted by Gasteiger charge is -2.25. The Morgan fingerprint density at radius 2 is 1.77 bits per heavy atom.